The summed E-state index contributed by atoms with van der Waals surface area (Å²) in [6, 6.07) is 76.9. The van der Waals surface area contributed by atoms with E-state index in [1.807, 2.05) is 0 Å². The Morgan fingerprint density at radius 1 is 0.424 bits per heavy atom. The Bertz CT molecular complexity index is 3710. The van der Waals surface area contributed by atoms with Crippen LogP contribution in [0.15, 0.2) is 211 Å². The molecule has 314 valence electrons. The molecule has 0 saturated heterocycles. The minimum absolute atomic E-state index is 0.0986. The summed E-state index contributed by atoms with van der Waals surface area (Å²) in [6.45, 7) is 0. The number of aromatic nitrogens is 1. The minimum atomic E-state index is 0.0986. The summed E-state index contributed by atoms with van der Waals surface area (Å²) in [5, 5.41) is 4.77. The normalized spacial score (nSPS) is 21.2. The third-order valence-electron chi connectivity index (χ3n) is 16.5. The Hall–Kier alpha value is -7.62. The molecule has 4 bridgehead atoms. The molecule has 1 spiro atoms. The topological polar surface area (TPSA) is 21.3 Å². The first kappa shape index (κ1) is 36.7. The minimum Gasteiger partial charge on any atom is -0.456 e. The van der Waals surface area contributed by atoms with E-state index in [9.17, 15) is 0 Å². The van der Waals surface area contributed by atoms with Crippen LogP contribution in [0.4, 0.5) is 17.1 Å². The molecule has 9 aromatic carbocycles. The van der Waals surface area contributed by atoms with Gasteiger partial charge in [-0.05, 0) is 161 Å². The highest BCUT2D eigenvalue weighted by atomic mass is 16.3. The van der Waals surface area contributed by atoms with E-state index in [2.05, 4.69) is 216 Å². The first-order valence-corrected chi connectivity index (χ1v) is 23.9. The quantitative estimate of drug-likeness (QED) is 0.166. The zero-order valence-corrected chi connectivity index (χ0v) is 36.6. The lowest BCUT2D eigenvalue weighted by Crippen LogP contribution is -2.40. The van der Waals surface area contributed by atoms with E-state index in [-0.39, 0.29) is 5.41 Å². The number of para-hydroxylation sites is 3. The van der Waals surface area contributed by atoms with E-state index in [1.165, 1.54) is 80.9 Å². The molecule has 0 amide bonds. The van der Waals surface area contributed by atoms with Crippen molar-refractivity contribution in [3.05, 3.63) is 217 Å². The Labute approximate surface area is 384 Å². The highest BCUT2D eigenvalue weighted by Crippen LogP contribution is 2.73. The molecule has 2 heterocycles. The Morgan fingerprint density at radius 2 is 1.09 bits per heavy atom. The monoisotopic (exact) mass is 846 g/mol. The van der Waals surface area contributed by atoms with E-state index in [0.29, 0.717) is 5.92 Å². The van der Waals surface area contributed by atoms with E-state index < -0.39 is 0 Å². The lowest BCUT2D eigenvalue weighted by Gasteiger charge is -2.44. The van der Waals surface area contributed by atoms with E-state index >= 15 is 0 Å². The van der Waals surface area contributed by atoms with Crippen LogP contribution in [0.5, 0.6) is 0 Å². The zero-order valence-electron chi connectivity index (χ0n) is 36.6. The molecule has 3 nitrogen and oxygen atoms in total. The van der Waals surface area contributed by atoms with E-state index in [4.69, 9.17) is 4.42 Å². The number of benzene rings is 9. The number of rotatable bonds is 6. The van der Waals surface area contributed by atoms with Crippen LogP contribution in [0.2, 0.25) is 0 Å². The molecule has 0 N–H and O–H groups in total. The summed E-state index contributed by atoms with van der Waals surface area (Å²) in [6.07, 6.45) is 5.54. The molecule has 4 fully saturated rings. The lowest BCUT2D eigenvalue weighted by molar-refractivity contribution is 0.191. The Balaban J connectivity index is 0.984. The van der Waals surface area contributed by atoms with Crippen LogP contribution in [0.3, 0.4) is 0 Å². The van der Waals surface area contributed by atoms with Gasteiger partial charge >= 0.3 is 0 Å². The number of hydrogen-bond acceptors (Lipinski definition) is 2. The first-order valence-electron chi connectivity index (χ1n) is 23.9. The second kappa shape index (κ2) is 13.7. The molecule has 5 aliphatic carbocycles. The Morgan fingerprint density at radius 3 is 1.91 bits per heavy atom. The number of anilines is 3. The van der Waals surface area contributed by atoms with Crippen molar-refractivity contribution in [2.75, 3.05) is 4.90 Å². The van der Waals surface area contributed by atoms with Crippen molar-refractivity contribution in [3.63, 3.8) is 0 Å². The summed E-state index contributed by atoms with van der Waals surface area (Å²) < 4.78 is 9.07. The SMILES string of the molecule is c1ccc(-c2ccc(N(c3cc(-c4ccc5c(c4)C4(c6ccccc6-5)C5CC6CC(C5)C4C6)cc(-n4c5ccccc5c5ccccc54)c3)c3ccc4c(c3)oc3ccccc34)cc2)cc1. The largest absolute Gasteiger partial charge is 0.456 e. The fourth-order valence-electron chi connectivity index (χ4n) is 14.1. The lowest BCUT2D eigenvalue weighted by atomic mass is 9.59. The van der Waals surface area contributed by atoms with Gasteiger partial charge in [0.05, 0.1) is 11.0 Å². The number of fused-ring (bicyclic) bond motifs is 9. The van der Waals surface area contributed by atoms with Gasteiger partial charge in [-0.3, -0.25) is 0 Å². The summed E-state index contributed by atoms with van der Waals surface area (Å²) in [5.74, 6) is 3.17. The van der Waals surface area contributed by atoms with Crippen LogP contribution in [-0.2, 0) is 5.41 Å². The molecule has 3 heteroatoms. The molecule has 0 radical (unpaired) electrons. The smallest absolute Gasteiger partial charge is 0.137 e. The molecule has 66 heavy (non-hydrogen) atoms. The molecule has 16 rings (SSSR count). The van der Waals surface area contributed by atoms with Gasteiger partial charge < -0.3 is 13.9 Å². The summed E-state index contributed by atoms with van der Waals surface area (Å²) in [7, 11) is 0. The molecule has 5 aliphatic rings. The van der Waals surface area contributed by atoms with Crippen molar-refractivity contribution < 1.29 is 4.42 Å². The summed E-state index contributed by atoms with van der Waals surface area (Å²) >= 11 is 0. The van der Waals surface area contributed by atoms with Gasteiger partial charge in [0.15, 0.2) is 0 Å². The number of nitrogens with zero attached hydrogens (tertiary/aromatic N) is 2. The Kier molecular flexibility index (Phi) is 7.62. The highest BCUT2D eigenvalue weighted by molar-refractivity contribution is 6.10. The van der Waals surface area contributed by atoms with Gasteiger partial charge in [0.2, 0.25) is 0 Å². The molecule has 0 aliphatic heterocycles. The average molecular weight is 847 g/mol. The predicted molar refractivity (Wildman–Crippen MR) is 272 cm³/mol. The second-order valence-electron chi connectivity index (χ2n) is 19.7. The van der Waals surface area contributed by atoms with Crippen LogP contribution in [0.25, 0.3) is 82.8 Å². The van der Waals surface area contributed by atoms with E-state index in [0.717, 1.165) is 62.4 Å². The summed E-state index contributed by atoms with van der Waals surface area (Å²) in [4.78, 5) is 2.43. The highest BCUT2D eigenvalue weighted by Gasteiger charge is 2.66. The standard InChI is InChI=1S/C63H46N2O/c1-2-12-40(13-3-1)41-22-25-46(26-23-41)64(47-27-29-55-54-17-7-11-21-61(54)66-62(55)38-47)48-34-43(35-49(37-48)65-59-19-9-5-15-52(59)53-16-6-10-20-60(53)65)42-24-28-51-50-14-4-8-18-56(50)63(58(51)36-42)45-31-39-30-44(33-45)57(63)32-39/h1-29,34-39,44-45,57H,30-33H2. The van der Waals surface area contributed by atoms with Crippen molar-refractivity contribution in [2.24, 2.45) is 23.7 Å². The van der Waals surface area contributed by atoms with Crippen LogP contribution >= 0.6 is 0 Å². The van der Waals surface area contributed by atoms with Crippen molar-refractivity contribution in [2.45, 2.75) is 31.1 Å². The van der Waals surface area contributed by atoms with Crippen molar-refractivity contribution in [1.29, 1.82) is 0 Å². The zero-order chi connectivity index (χ0) is 43.1. The van der Waals surface area contributed by atoms with Crippen molar-refractivity contribution in [3.8, 4) is 39.1 Å². The van der Waals surface area contributed by atoms with Gasteiger partial charge in [-0.1, -0.05) is 133 Å². The maximum Gasteiger partial charge on any atom is 0.137 e. The predicted octanol–water partition coefficient (Wildman–Crippen LogP) is 16.8. The van der Waals surface area contributed by atoms with E-state index in [1.54, 1.807) is 11.1 Å². The van der Waals surface area contributed by atoms with Gasteiger partial charge in [-0.25, -0.2) is 0 Å². The first-order chi connectivity index (χ1) is 32.7. The third kappa shape index (κ3) is 5.09. The molecule has 2 aromatic heterocycles. The van der Waals surface area contributed by atoms with Crippen molar-refractivity contribution in [1.82, 2.24) is 4.57 Å². The maximum atomic E-state index is 6.59. The molecule has 4 saturated carbocycles. The maximum absolute atomic E-state index is 6.59. The van der Waals surface area contributed by atoms with Gasteiger partial charge in [-0.15, -0.1) is 0 Å². The fourth-order valence-corrected chi connectivity index (χ4v) is 14.1. The number of furan rings is 1. The van der Waals surface area contributed by atoms with Crippen LogP contribution in [0.1, 0.15) is 36.8 Å². The fraction of sp³-hybridized carbons (Fsp3) is 0.143. The third-order valence-corrected chi connectivity index (χ3v) is 16.5. The van der Waals surface area contributed by atoms with Gasteiger partial charge in [0, 0.05) is 55.8 Å². The number of hydrogen-bond donors (Lipinski definition) is 0. The van der Waals surface area contributed by atoms with Crippen LogP contribution in [0, 0.1) is 23.7 Å². The molecular formula is C63H46N2O. The van der Waals surface area contributed by atoms with Crippen LogP contribution < -0.4 is 4.90 Å². The molecule has 11 aromatic rings. The van der Waals surface area contributed by atoms with Crippen molar-refractivity contribution >= 4 is 60.8 Å². The van der Waals surface area contributed by atoms with Gasteiger partial charge in [0.25, 0.3) is 0 Å². The molecular weight excluding hydrogens is 801 g/mol. The molecule has 5 unspecified atom stereocenters. The molecule has 5 atom stereocenters. The second-order valence-corrected chi connectivity index (χ2v) is 19.7. The van der Waals surface area contributed by atoms with Gasteiger partial charge in [0.1, 0.15) is 11.2 Å². The van der Waals surface area contributed by atoms with Gasteiger partial charge in [-0.2, -0.15) is 0 Å². The average Bonchev–Trinajstić information content (AvgIpc) is 4.13. The summed E-state index contributed by atoms with van der Waals surface area (Å²) in [5.41, 5.74) is 19.6. The van der Waals surface area contributed by atoms with Crippen LogP contribution in [-0.4, -0.2) is 4.57 Å².